The average Bonchev–Trinajstić information content (AvgIpc) is 3.20. The molecule has 31 heavy (non-hydrogen) atoms. The summed E-state index contributed by atoms with van der Waals surface area (Å²) in [6, 6.07) is 7.75. The molecule has 2 aliphatic heterocycles. The van der Waals surface area contributed by atoms with E-state index in [1.807, 2.05) is 24.3 Å². The summed E-state index contributed by atoms with van der Waals surface area (Å²) in [6.07, 6.45) is 0.669. The molecule has 0 unspecified atom stereocenters. The number of amides is 1. The highest BCUT2D eigenvalue weighted by Gasteiger charge is 2.26. The molecule has 2 fully saturated rings. The number of methoxy groups -OCH3 is 1. The van der Waals surface area contributed by atoms with Gasteiger partial charge in [-0.05, 0) is 43.6 Å². The van der Waals surface area contributed by atoms with Gasteiger partial charge in [-0.2, -0.15) is 0 Å². The van der Waals surface area contributed by atoms with Gasteiger partial charge in [-0.3, -0.25) is 4.79 Å². The van der Waals surface area contributed by atoms with Crippen molar-refractivity contribution in [2.24, 2.45) is 5.92 Å². The third kappa shape index (κ3) is 7.37. The van der Waals surface area contributed by atoms with E-state index in [-0.39, 0.29) is 24.6 Å². The van der Waals surface area contributed by atoms with E-state index in [4.69, 9.17) is 14.2 Å². The van der Waals surface area contributed by atoms with Gasteiger partial charge in [0.2, 0.25) is 0 Å². The van der Waals surface area contributed by atoms with Gasteiger partial charge in [-0.1, -0.05) is 12.1 Å². The summed E-state index contributed by atoms with van der Waals surface area (Å²) in [7, 11) is 1.42. The summed E-state index contributed by atoms with van der Waals surface area (Å²) in [5.41, 5.74) is 1.07. The van der Waals surface area contributed by atoms with Gasteiger partial charge in [0.05, 0.1) is 19.6 Å². The first-order valence-corrected chi connectivity index (χ1v) is 10.9. The van der Waals surface area contributed by atoms with Gasteiger partial charge in [0.25, 0.3) is 0 Å². The predicted molar refractivity (Wildman–Crippen MR) is 114 cm³/mol. The van der Waals surface area contributed by atoms with E-state index in [9.17, 15) is 14.7 Å². The molecule has 9 nitrogen and oxygen atoms in total. The van der Waals surface area contributed by atoms with Crippen LogP contribution in [0.25, 0.3) is 0 Å². The van der Waals surface area contributed by atoms with Crippen LogP contribution in [0, 0.1) is 5.92 Å². The van der Waals surface area contributed by atoms with Crippen LogP contribution in [0.4, 0.5) is 4.79 Å². The van der Waals surface area contributed by atoms with E-state index in [1.165, 1.54) is 7.11 Å². The Morgan fingerprint density at radius 3 is 2.84 bits per heavy atom. The summed E-state index contributed by atoms with van der Waals surface area (Å²) < 4.78 is 15.5. The Hall–Kier alpha value is -2.36. The van der Waals surface area contributed by atoms with Crippen LogP contribution in [0.15, 0.2) is 24.3 Å². The highest BCUT2D eigenvalue weighted by Crippen LogP contribution is 2.19. The van der Waals surface area contributed by atoms with Gasteiger partial charge in [-0.15, -0.1) is 0 Å². The van der Waals surface area contributed by atoms with Crippen molar-refractivity contribution < 1.29 is 28.9 Å². The Balaban J connectivity index is 1.33. The molecule has 9 heteroatoms. The van der Waals surface area contributed by atoms with Gasteiger partial charge in [0.15, 0.2) is 0 Å². The Kier molecular flexibility index (Phi) is 8.93. The van der Waals surface area contributed by atoms with Crippen molar-refractivity contribution in [1.29, 1.82) is 0 Å². The van der Waals surface area contributed by atoms with Crippen LogP contribution in [0.1, 0.15) is 18.4 Å². The third-order valence-corrected chi connectivity index (χ3v) is 5.66. The smallest absolute Gasteiger partial charge is 0.409 e. The number of piperidine rings is 1. The van der Waals surface area contributed by atoms with Crippen molar-refractivity contribution in [1.82, 2.24) is 15.1 Å². The molecule has 0 aromatic heterocycles. The number of carbonyl (C=O) groups is 2. The van der Waals surface area contributed by atoms with Crippen molar-refractivity contribution in [3.8, 4) is 5.75 Å². The van der Waals surface area contributed by atoms with Crippen molar-refractivity contribution in [3.05, 3.63) is 29.8 Å². The summed E-state index contributed by atoms with van der Waals surface area (Å²) in [5.74, 6) is 0.539. The summed E-state index contributed by atoms with van der Waals surface area (Å²) >= 11 is 0. The molecule has 3 rings (SSSR count). The lowest BCUT2D eigenvalue weighted by Crippen LogP contribution is -2.42. The quantitative estimate of drug-likeness (QED) is 0.390. The molecule has 0 spiro atoms. The second kappa shape index (κ2) is 11.9. The maximum absolute atomic E-state index is 11.6. The first kappa shape index (κ1) is 23.3. The van der Waals surface area contributed by atoms with E-state index in [0.717, 1.165) is 31.5 Å². The van der Waals surface area contributed by atoms with E-state index in [1.54, 1.807) is 4.90 Å². The number of rotatable bonds is 11. The molecule has 1 atom stereocenters. The molecule has 2 heterocycles. The zero-order valence-electron chi connectivity index (χ0n) is 18.1. The lowest BCUT2D eigenvalue weighted by atomic mass is 9.97. The molecular formula is C22H33N3O6. The zero-order valence-corrected chi connectivity index (χ0v) is 18.1. The van der Waals surface area contributed by atoms with Gasteiger partial charge < -0.3 is 34.4 Å². The Morgan fingerprint density at radius 2 is 2.13 bits per heavy atom. The fourth-order valence-electron chi connectivity index (χ4n) is 3.88. The number of esters is 1. The summed E-state index contributed by atoms with van der Waals surface area (Å²) in [5, 5.41) is 13.7. The van der Waals surface area contributed by atoms with Crippen LogP contribution in [-0.4, -0.2) is 92.7 Å². The molecule has 172 valence electrons. The number of likely N-dealkylation sites (tertiary alicyclic amines) is 1. The minimum atomic E-state index is -0.600. The maximum Gasteiger partial charge on any atom is 0.409 e. The second-order valence-electron chi connectivity index (χ2n) is 7.99. The van der Waals surface area contributed by atoms with E-state index in [2.05, 4.69) is 10.2 Å². The number of β-amino-alcohol motifs (C(OH)–C–C–N with tert-alkyl or cyclic N) is 1. The molecule has 1 aromatic carbocycles. The van der Waals surface area contributed by atoms with Crippen molar-refractivity contribution in [2.75, 3.05) is 59.6 Å². The molecule has 2 aliphatic rings. The van der Waals surface area contributed by atoms with E-state index >= 15 is 0 Å². The number of ether oxygens (including phenoxy) is 3. The van der Waals surface area contributed by atoms with Crippen molar-refractivity contribution >= 4 is 12.1 Å². The second-order valence-corrected chi connectivity index (χ2v) is 7.99. The molecule has 0 saturated carbocycles. The van der Waals surface area contributed by atoms with Crippen LogP contribution in [0.2, 0.25) is 0 Å². The maximum atomic E-state index is 11.6. The van der Waals surface area contributed by atoms with Crippen LogP contribution in [0.5, 0.6) is 5.75 Å². The predicted octanol–water partition coefficient (Wildman–Crippen LogP) is 0.853. The minimum Gasteiger partial charge on any atom is -0.491 e. The number of aliphatic hydroxyl groups is 1. The van der Waals surface area contributed by atoms with Crippen LogP contribution in [-0.2, 0) is 20.8 Å². The average molecular weight is 436 g/mol. The third-order valence-electron chi connectivity index (χ3n) is 5.66. The number of benzene rings is 1. The van der Waals surface area contributed by atoms with E-state index in [0.29, 0.717) is 45.1 Å². The molecule has 0 aliphatic carbocycles. The fraction of sp³-hybridized carbons (Fsp3) is 0.636. The number of hydrogen-bond donors (Lipinski definition) is 2. The fourth-order valence-corrected chi connectivity index (χ4v) is 3.88. The largest absolute Gasteiger partial charge is 0.491 e. The minimum absolute atomic E-state index is 0.0323. The number of hydrogen-bond acceptors (Lipinski definition) is 8. The first-order chi connectivity index (χ1) is 15.0. The normalized spacial score (nSPS) is 18.6. The monoisotopic (exact) mass is 435 g/mol. The molecule has 1 amide bonds. The zero-order chi connectivity index (χ0) is 22.1. The van der Waals surface area contributed by atoms with Gasteiger partial charge in [0, 0.05) is 26.2 Å². The van der Waals surface area contributed by atoms with E-state index < -0.39 is 6.10 Å². The number of aliphatic hydroxyl groups excluding tert-OH is 1. The molecule has 0 radical (unpaired) electrons. The first-order valence-electron chi connectivity index (χ1n) is 10.9. The van der Waals surface area contributed by atoms with Gasteiger partial charge >= 0.3 is 12.1 Å². The Morgan fingerprint density at radius 1 is 1.32 bits per heavy atom. The van der Waals surface area contributed by atoms with Crippen molar-refractivity contribution in [2.45, 2.75) is 25.5 Å². The number of cyclic esters (lactones) is 1. The SMILES string of the molecule is COC(=O)C1CCN(C[C@H](O)COc2cccc(CNCCN3CCOC3=O)c2)CC1. The number of carbonyl (C=O) groups excluding carboxylic acids is 2. The summed E-state index contributed by atoms with van der Waals surface area (Å²) in [6.45, 7) is 5.37. The molecule has 1 aromatic rings. The highest BCUT2D eigenvalue weighted by molar-refractivity contribution is 5.72. The Labute approximate surface area is 183 Å². The molecule has 2 saturated heterocycles. The lowest BCUT2D eigenvalue weighted by molar-refractivity contribution is -0.147. The number of nitrogens with one attached hydrogen (secondary N) is 1. The van der Waals surface area contributed by atoms with Crippen LogP contribution < -0.4 is 10.1 Å². The number of nitrogens with zero attached hydrogens (tertiary/aromatic N) is 2. The lowest BCUT2D eigenvalue weighted by Gasteiger charge is -2.31. The van der Waals surface area contributed by atoms with Crippen LogP contribution >= 0.6 is 0 Å². The molecule has 2 N–H and O–H groups in total. The van der Waals surface area contributed by atoms with Gasteiger partial charge in [0.1, 0.15) is 25.1 Å². The molecular weight excluding hydrogens is 402 g/mol. The van der Waals surface area contributed by atoms with Gasteiger partial charge in [-0.25, -0.2) is 4.79 Å². The summed E-state index contributed by atoms with van der Waals surface area (Å²) in [4.78, 5) is 26.9. The molecule has 0 bridgehead atoms. The Bertz CT molecular complexity index is 723. The topological polar surface area (TPSA) is 101 Å². The highest BCUT2D eigenvalue weighted by atomic mass is 16.6. The van der Waals surface area contributed by atoms with Crippen molar-refractivity contribution in [3.63, 3.8) is 0 Å². The standard InChI is InChI=1S/C22H33N3O6/c1-29-21(27)18-5-8-24(9-6-18)15-19(26)16-31-20-4-2-3-17(13-20)14-23-7-10-25-11-12-30-22(25)28/h2-4,13,18-19,23,26H,5-12,14-16H2,1H3/t19-/m0/s1. The van der Waals surface area contributed by atoms with Crippen LogP contribution in [0.3, 0.4) is 0 Å².